The van der Waals surface area contributed by atoms with Crippen LogP contribution < -0.4 is 5.73 Å². The maximum Gasteiger partial charge on any atom is 0.155 e. The quantitative estimate of drug-likeness (QED) is 0.687. The van der Waals surface area contributed by atoms with E-state index in [4.69, 9.17) is 5.73 Å². The summed E-state index contributed by atoms with van der Waals surface area (Å²) >= 11 is 0. The summed E-state index contributed by atoms with van der Waals surface area (Å²) in [5.41, 5.74) is 7.52. The molecule has 2 aromatic heterocycles. The lowest BCUT2D eigenvalue weighted by molar-refractivity contribution is 0.930. The lowest BCUT2D eigenvalue weighted by Crippen LogP contribution is -2.03. The minimum absolute atomic E-state index is 0.671. The average molecular weight is 162 g/mol. The number of pyridine rings is 1. The van der Waals surface area contributed by atoms with Crippen LogP contribution in [0.15, 0.2) is 24.7 Å². The maximum absolute atomic E-state index is 5.44. The molecule has 0 aromatic carbocycles. The predicted molar refractivity (Wildman–Crippen MR) is 45.7 cm³/mol. The van der Waals surface area contributed by atoms with Crippen LogP contribution in [-0.2, 0) is 6.42 Å². The molecule has 0 saturated heterocycles. The van der Waals surface area contributed by atoms with E-state index in [1.54, 1.807) is 10.8 Å². The van der Waals surface area contributed by atoms with Gasteiger partial charge in [-0.3, -0.25) is 0 Å². The van der Waals surface area contributed by atoms with Gasteiger partial charge >= 0.3 is 0 Å². The Hall–Kier alpha value is -1.42. The molecular formula is C8H10N4. The topological polar surface area (TPSA) is 56.2 Å². The fourth-order valence-electron chi connectivity index (χ4n) is 1.18. The van der Waals surface area contributed by atoms with Gasteiger partial charge in [-0.05, 0) is 30.7 Å². The first-order chi connectivity index (χ1) is 5.90. The highest BCUT2D eigenvalue weighted by molar-refractivity contribution is 5.39. The van der Waals surface area contributed by atoms with E-state index in [1.807, 2.05) is 18.3 Å². The van der Waals surface area contributed by atoms with E-state index >= 15 is 0 Å². The molecule has 0 saturated carbocycles. The van der Waals surface area contributed by atoms with Gasteiger partial charge in [-0.2, -0.15) is 5.10 Å². The summed E-state index contributed by atoms with van der Waals surface area (Å²) < 4.78 is 1.74. The third kappa shape index (κ3) is 1.16. The molecule has 2 aromatic rings. The van der Waals surface area contributed by atoms with Gasteiger partial charge in [0.15, 0.2) is 5.65 Å². The Labute approximate surface area is 70.0 Å². The molecule has 0 aliphatic carbocycles. The summed E-state index contributed by atoms with van der Waals surface area (Å²) in [5.74, 6) is 0. The van der Waals surface area contributed by atoms with Crippen molar-refractivity contribution >= 4 is 5.65 Å². The molecule has 0 aliphatic rings. The minimum atomic E-state index is 0.671. The van der Waals surface area contributed by atoms with Gasteiger partial charge in [0.25, 0.3) is 0 Å². The molecule has 0 amide bonds. The van der Waals surface area contributed by atoms with Crippen molar-refractivity contribution in [2.24, 2.45) is 5.73 Å². The summed E-state index contributed by atoms with van der Waals surface area (Å²) in [6, 6.07) is 4.01. The molecule has 2 N–H and O–H groups in total. The molecular weight excluding hydrogens is 152 g/mol. The van der Waals surface area contributed by atoms with Gasteiger partial charge in [-0.15, -0.1) is 0 Å². The largest absolute Gasteiger partial charge is 0.330 e. The second-order valence-corrected chi connectivity index (χ2v) is 2.64. The second-order valence-electron chi connectivity index (χ2n) is 2.64. The zero-order valence-corrected chi connectivity index (χ0v) is 6.64. The first-order valence-electron chi connectivity index (χ1n) is 3.88. The molecule has 0 spiro atoms. The minimum Gasteiger partial charge on any atom is -0.330 e. The fourth-order valence-corrected chi connectivity index (χ4v) is 1.18. The first-order valence-corrected chi connectivity index (χ1v) is 3.88. The van der Waals surface area contributed by atoms with Crippen molar-refractivity contribution in [2.75, 3.05) is 6.54 Å². The monoisotopic (exact) mass is 162 g/mol. The van der Waals surface area contributed by atoms with Crippen LogP contribution in [0, 0.1) is 0 Å². The molecule has 0 fully saturated rings. The van der Waals surface area contributed by atoms with Crippen molar-refractivity contribution in [1.82, 2.24) is 14.6 Å². The Bertz CT molecular complexity index is 379. The lowest BCUT2D eigenvalue weighted by atomic mass is 10.2. The van der Waals surface area contributed by atoms with Gasteiger partial charge in [-0.25, -0.2) is 9.50 Å². The van der Waals surface area contributed by atoms with Gasteiger partial charge in [0.2, 0.25) is 0 Å². The van der Waals surface area contributed by atoms with E-state index in [0.717, 1.165) is 12.1 Å². The van der Waals surface area contributed by atoms with Crippen LogP contribution >= 0.6 is 0 Å². The van der Waals surface area contributed by atoms with Crippen LogP contribution in [0.2, 0.25) is 0 Å². The van der Waals surface area contributed by atoms with Gasteiger partial charge < -0.3 is 5.73 Å². The zero-order chi connectivity index (χ0) is 8.39. The Morgan fingerprint density at radius 3 is 3.25 bits per heavy atom. The molecule has 4 heteroatoms. The highest BCUT2D eigenvalue weighted by Crippen LogP contribution is 2.03. The summed E-state index contributed by atoms with van der Waals surface area (Å²) in [7, 11) is 0. The van der Waals surface area contributed by atoms with E-state index < -0.39 is 0 Å². The summed E-state index contributed by atoms with van der Waals surface area (Å²) in [4.78, 5) is 4.07. The molecule has 0 bridgehead atoms. The van der Waals surface area contributed by atoms with Crippen LogP contribution in [0.4, 0.5) is 0 Å². The standard InChI is InChI=1S/C8H10N4/c9-3-1-7-2-4-12-8(5-7)10-6-11-12/h2,4-6H,1,3,9H2. The van der Waals surface area contributed by atoms with Crippen LogP contribution in [-0.4, -0.2) is 21.1 Å². The second kappa shape index (κ2) is 2.91. The zero-order valence-electron chi connectivity index (χ0n) is 6.64. The predicted octanol–water partition coefficient (Wildman–Crippen LogP) is 0.230. The van der Waals surface area contributed by atoms with E-state index in [1.165, 1.54) is 5.56 Å². The molecule has 0 aliphatic heterocycles. The summed E-state index contributed by atoms with van der Waals surface area (Å²) in [6.07, 6.45) is 4.33. The normalized spacial score (nSPS) is 10.8. The van der Waals surface area contributed by atoms with Crippen molar-refractivity contribution in [3.8, 4) is 0 Å². The van der Waals surface area contributed by atoms with Crippen molar-refractivity contribution in [2.45, 2.75) is 6.42 Å². The van der Waals surface area contributed by atoms with Crippen LogP contribution in [0.3, 0.4) is 0 Å². The summed E-state index contributed by atoms with van der Waals surface area (Å²) in [6.45, 7) is 0.671. The van der Waals surface area contributed by atoms with Gasteiger partial charge in [0.1, 0.15) is 6.33 Å². The van der Waals surface area contributed by atoms with E-state index in [-0.39, 0.29) is 0 Å². The SMILES string of the molecule is NCCc1ccn2ncnc2c1. The Morgan fingerprint density at radius 2 is 2.42 bits per heavy atom. The number of nitrogens with two attached hydrogens (primary N) is 1. The third-order valence-electron chi connectivity index (χ3n) is 1.78. The average Bonchev–Trinajstić information content (AvgIpc) is 2.51. The number of hydrogen-bond acceptors (Lipinski definition) is 3. The van der Waals surface area contributed by atoms with Crippen LogP contribution in [0.5, 0.6) is 0 Å². The van der Waals surface area contributed by atoms with Crippen LogP contribution in [0.1, 0.15) is 5.56 Å². The Balaban J connectivity index is 2.46. The number of aromatic nitrogens is 3. The van der Waals surface area contributed by atoms with Crippen molar-refractivity contribution in [1.29, 1.82) is 0 Å². The van der Waals surface area contributed by atoms with E-state index in [9.17, 15) is 0 Å². The molecule has 62 valence electrons. The Morgan fingerprint density at radius 1 is 1.50 bits per heavy atom. The number of rotatable bonds is 2. The molecule has 12 heavy (non-hydrogen) atoms. The van der Waals surface area contributed by atoms with Gasteiger partial charge in [0, 0.05) is 6.20 Å². The molecule has 0 unspecified atom stereocenters. The van der Waals surface area contributed by atoms with Crippen LogP contribution in [0.25, 0.3) is 5.65 Å². The van der Waals surface area contributed by atoms with Crippen molar-refractivity contribution in [3.05, 3.63) is 30.2 Å². The number of nitrogens with zero attached hydrogens (tertiary/aromatic N) is 3. The first kappa shape index (κ1) is 7.24. The third-order valence-corrected chi connectivity index (χ3v) is 1.78. The molecule has 0 radical (unpaired) electrons. The maximum atomic E-state index is 5.44. The molecule has 2 heterocycles. The van der Waals surface area contributed by atoms with E-state index in [0.29, 0.717) is 6.54 Å². The Kier molecular flexibility index (Phi) is 1.75. The van der Waals surface area contributed by atoms with Crippen molar-refractivity contribution < 1.29 is 0 Å². The van der Waals surface area contributed by atoms with Gasteiger partial charge in [0.05, 0.1) is 0 Å². The molecule has 4 nitrogen and oxygen atoms in total. The van der Waals surface area contributed by atoms with E-state index in [2.05, 4.69) is 10.1 Å². The lowest BCUT2D eigenvalue weighted by Gasteiger charge is -1.97. The highest BCUT2D eigenvalue weighted by atomic mass is 15.3. The highest BCUT2D eigenvalue weighted by Gasteiger charge is 1.95. The number of hydrogen-bond donors (Lipinski definition) is 1. The fraction of sp³-hybridized carbons (Fsp3) is 0.250. The smallest absolute Gasteiger partial charge is 0.155 e. The number of fused-ring (bicyclic) bond motifs is 1. The molecule has 0 atom stereocenters. The van der Waals surface area contributed by atoms with Gasteiger partial charge in [-0.1, -0.05) is 0 Å². The molecule has 2 rings (SSSR count). The summed E-state index contributed by atoms with van der Waals surface area (Å²) in [5, 5.41) is 3.99. The van der Waals surface area contributed by atoms with Crippen molar-refractivity contribution in [3.63, 3.8) is 0 Å².